The highest BCUT2D eigenvalue weighted by Crippen LogP contribution is 2.24. The van der Waals surface area contributed by atoms with Crippen molar-refractivity contribution in [3.8, 4) is 0 Å². The minimum Gasteiger partial charge on any atom is -0.378 e. The molecule has 0 radical (unpaired) electrons. The van der Waals surface area contributed by atoms with E-state index in [4.69, 9.17) is 4.74 Å². The van der Waals surface area contributed by atoms with Gasteiger partial charge in [-0.05, 0) is 36.8 Å². The maximum atomic E-state index is 13.3. The van der Waals surface area contributed by atoms with E-state index in [1.165, 1.54) is 10.4 Å². The van der Waals surface area contributed by atoms with Crippen LogP contribution in [0.1, 0.15) is 15.9 Å². The van der Waals surface area contributed by atoms with E-state index in [0.717, 1.165) is 11.3 Å². The molecule has 0 aromatic heterocycles. The lowest BCUT2D eigenvalue weighted by atomic mass is 10.1. The van der Waals surface area contributed by atoms with E-state index < -0.39 is 10.0 Å². The molecule has 0 saturated carbocycles. The van der Waals surface area contributed by atoms with Crippen LogP contribution in [0.3, 0.4) is 0 Å². The Morgan fingerprint density at radius 3 is 2.23 bits per heavy atom. The van der Waals surface area contributed by atoms with Gasteiger partial charge in [0.1, 0.15) is 0 Å². The van der Waals surface area contributed by atoms with E-state index in [2.05, 4.69) is 4.90 Å². The second-order valence-electron chi connectivity index (χ2n) is 7.61. The number of nitrogens with zero attached hydrogens (tertiary/aromatic N) is 3. The molecule has 2 fully saturated rings. The maximum Gasteiger partial charge on any atom is 0.254 e. The summed E-state index contributed by atoms with van der Waals surface area (Å²) in [6.07, 6.45) is 0. The van der Waals surface area contributed by atoms with E-state index in [9.17, 15) is 13.2 Å². The minimum absolute atomic E-state index is 0.137. The topological polar surface area (TPSA) is 70.2 Å². The van der Waals surface area contributed by atoms with Crippen molar-refractivity contribution in [3.05, 3.63) is 59.7 Å². The van der Waals surface area contributed by atoms with Gasteiger partial charge in [-0.1, -0.05) is 24.3 Å². The van der Waals surface area contributed by atoms with Crippen molar-refractivity contribution in [2.45, 2.75) is 11.8 Å². The summed E-state index contributed by atoms with van der Waals surface area (Å²) in [6, 6.07) is 14.9. The Kier molecular flexibility index (Phi) is 6.08. The Labute approximate surface area is 177 Å². The number of carbonyl (C=O) groups is 1. The number of morpholine rings is 1. The molecule has 2 aromatic carbocycles. The summed E-state index contributed by atoms with van der Waals surface area (Å²) in [5, 5.41) is 0. The van der Waals surface area contributed by atoms with Crippen molar-refractivity contribution in [1.82, 2.24) is 9.21 Å². The van der Waals surface area contributed by atoms with Gasteiger partial charge in [-0.3, -0.25) is 4.79 Å². The van der Waals surface area contributed by atoms with Crippen LogP contribution in [0.2, 0.25) is 0 Å². The number of anilines is 1. The molecule has 8 heteroatoms. The summed E-state index contributed by atoms with van der Waals surface area (Å²) >= 11 is 0. The number of aryl methyl sites for hydroxylation is 1. The predicted octanol–water partition coefficient (Wildman–Crippen LogP) is 1.98. The van der Waals surface area contributed by atoms with Crippen LogP contribution in [0.5, 0.6) is 0 Å². The van der Waals surface area contributed by atoms with Gasteiger partial charge in [0.05, 0.1) is 18.1 Å². The monoisotopic (exact) mass is 429 g/mol. The Bertz CT molecular complexity index is 996. The molecule has 0 spiro atoms. The highest BCUT2D eigenvalue weighted by atomic mass is 32.2. The number of sulfonamides is 1. The SMILES string of the molecule is Cc1ccc(S(=O)(=O)N2CCN(c3ccccc3)CC2)cc1C(=O)N1CCOCC1. The molecule has 0 N–H and O–H groups in total. The lowest BCUT2D eigenvalue weighted by Crippen LogP contribution is -2.48. The second kappa shape index (κ2) is 8.75. The highest BCUT2D eigenvalue weighted by Gasteiger charge is 2.30. The highest BCUT2D eigenvalue weighted by molar-refractivity contribution is 7.89. The third kappa shape index (κ3) is 4.21. The molecule has 4 rings (SSSR count). The van der Waals surface area contributed by atoms with Gasteiger partial charge in [-0.2, -0.15) is 4.31 Å². The third-order valence-corrected chi connectivity index (χ3v) is 7.63. The summed E-state index contributed by atoms with van der Waals surface area (Å²) in [4.78, 5) is 17.0. The smallest absolute Gasteiger partial charge is 0.254 e. The van der Waals surface area contributed by atoms with E-state index in [0.29, 0.717) is 58.0 Å². The Morgan fingerprint density at radius 2 is 1.57 bits per heavy atom. The summed E-state index contributed by atoms with van der Waals surface area (Å²) in [7, 11) is -3.66. The van der Waals surface area contributed by atoms with Gasteiger partial charge in [0, 0.05) is 50.5 Å². The van der Waals surface area contributed by atoms with Gasteiger partial charge in [-0.25, -0.2) is 8.42 Å². The van der Waals surface area contributed by atoms with Crippen LogP contribution in [0, 0.1) is 6.92 Å². The quantitative estimate of drug-likeness (QED) is 0.743. The van der Waals surface area contributed by atoms with Gasteiger partial charge in [0.25, 0.3) is 5.91 Å². The average molecular weight is 430 g/mol. The zero-order chi connectivity index (χ0) is 21.1. The first-order chi connectivity index (χ1) is 14.5. The van der Waals surface area contributed by atoms with Crippen molar-refractivity contribution in [1.29, 1.82) is 0 Å². The number of hydrogen-bond acceptors (Lipinski definition) is 5. The number of hydrogen-bond donors (Lipinski definition) is 0. The molecule has 1 amide bonds. The van der Waals surface area contributed by atoms with E-state index >= 15 is 0 Å². The van der Waals surface area contributed by atoms with Crippen LogP contribution in [0.15, 0.2) is 53.4 Å². The Morgan fingerprint density at radius 1 is 0.900 bits per heavy atom. The zero-order valence-corrected chi connectivity index (χ0v) is 18.0. The van der Waals surface area contributed by atoms with Crippen LogP contribution < -0.4 is 4.90 Å². The second-order valence-corrected chi connectivity index (χ2v) is 9.55. The summed E-state index contributed by atoms with van der Waals surface area (Å²) < 4.78 is 33.3. The zero-order valence-electron chi connectivity index (χ0n) is 17.2. The first-order valence-corrected chi connectivity index (χ1v) is 11.7. The molecule has 2 aliphatic rings. The molecule has 0 bridgehead atoms. The van der Waals surface area contributed by atoms with Crippen molar-refractivity contribution < 1.29 is 17.9 Å². The van der Waals surface area contributed by atoms with Gasteiger partial charge in [0.2, 0.25) is 10.0 Å². The van der Waals surface area contributed by atoms with Gasteiger partial charge >= 0.3 is 0 Å². The van der Waals surface area contributed by atoms with E-state index in [-0.39, 0.29) is 10.8 Å². The van der Waals surface area contributed by atoms with Crippen molar-refractivity contribution in [3.63, 3.8) is 0 Å². The van der Waals surface area contributed by atoms with E-state index in [1.54, 1.807) is 17.0 Å². The van der Waals surface area contributed by atoms with Gasteiger partial charge < -0.3 is 14.5 Å². The molecule has 2 aliphatic heterocycles. The maximum absolute atomic E-state index is 13.3. The largest absolute Gasteiger partial charge is 0.378 e. The molecule has 160 valence electrons. The fourth-order valence-corrected chi connectivity index (χ4v) is 5.35. The molecular formula is C22H27N3O4S. The number of carbonyl (C=O) groups excluding carboxylic acids is 1. The average Bonchev–Trinajstić information content (AvgIpc) is 2.80. The van der Waals surface area contributed by atoms with Gasteiger partial charge in [-0.15, -0.1) is 0 Å². The third-order valence-electron chi connectivity index (χ3n) is 5.74. The number of piperazine rings is 1. The number of para-hydroxylation sites is 1. The van der Waals surface area contributed by atoms with Crippen LogP contribution in [-0.4, -0.2) is 76.0 Å². The van der Waals surface area contributed by atoms with Crippen LogP contribution in [0.25, 0.3) is 0 Å². The lowest BCUT2D eigenvalue weighted by Gasteiger charge is -2.35. The molecule has 0 unspecified atom stereocenters. The Balaban J connectivity index is 1.51. The van der Waals surface area contributed by atoms with Gasteiger partial charge in [0.15, 0.2) is 0 Å². The predicted molar refractivity (Wildman–Crippen MR) is 115 cm³/mol. The first-order valence-electron chi connectivity index (χ1n) is 10.2. The molecule has 0 aliphatic carbocycles. The molecule has 2 heterocycles. The molecule has 30 heavy (non-hydrogen) atoms. The number of rotatable bonds is 4. The number of ether oxygens (including phenoxy) is 1. The van der Waals surface area contributed by atoms with E-state index in [1.807, 2.05) is 37.3 Å². The van der Waals surface area contributed by atoms with Crippen molar-refractivity contribution in [2.24, 2.45) is 0 Å². The van der Waals surface area contributed by atoms with Crippen molar-refractivity contribution in [2.75, 3.05) is 57.4 Å². The van der Waals surface area contributed by atoms with Crippen molar-refractivity contribution >= 4 is 21.6 Å². The first kappa shape index (κ1) is 20.8. The van der Waals surface area contributed by atoms with Crippen LogP contribution in [0.4, 0.5) is 5.69 Å². The standard InChI is InChI=1S/C22H27N3O4S/c1-18-7-8-20(17-21(18)22(26)24-13-15-29-16-14-24)30(27,28)25-11-9-23(10-12-25)19-5-3-2-4-6-19/h2-8,17H,9-16H2,1H3. The fourth-order valence-electron chi connectivity index (χ4n) is 3.90. The normalized spacial score (nSPS) is 18.4. The lowest BCUT2D eigenvalue weighted by molar-refractivity contribution is 0.0302. The molecule has 0 atom stereocenters. The number of benzene rings is 2. The van der Waals surface area contributed by atoms with Crippen LogP contribution in [-0.2, 0) is 14.8 Å². The minimum atomic E-state index is -3.66. The molecule has 2 saturated heterocycles. The molecular weight excluding hydrogens is 402 g/mol. The number of amides is 1. The molecule has 7 nitrogen and oxygen atoms in total. The summed E-state index contributed by atoms with van der Waals surface area (Å²) in [5.74, 6) is -0.137. The van der Waals surface area contributed by atoms with Crippen LogP contribution >= 0.6 is 0 Å². The summed E-state index contributed by atoms with van der Waals surface area (Å²) in [5.41, 5.74) is 2.32. The Hall–Kier alpha value is -2.42. The fraction of sp³-hybridized carbons (Fsp3) is 0.409. The molecule has 2 aromatic rings. The summed E-state index contributed by atoms with van der Waals surface area (Å²) in [6.45, 7) is 6.00.